The minimum atomic E-state index is -0.105. The first-order chi connectivity index (χ1) is 15.6. The summed E-state index contributed by atoms with van der Waals surface area (Å²) in [6, 6.07) is 17.9. The van der Waals surface area contributed by atoms with Gasteiger partial charge in [0, 0.05) is 57.5 Å². The van der Waals surface area contributed by atoms with Crippen LogP contribution in [0, 0.1) is 0 Å². The number of anilines is 1. The van der Waals surface area contributed by atoms with Gasteiger partial charge in [-0.05, 0) is 42.8 Å². The van der Waals surface area contributed by atoms with Crippen LogP contribution in [0.5, 0.6) is 0 Å². The van der Waals surface area contributed by atoms with Crippen molar-refractivity contribution < 1.29 is 9.59 Å². The molecule has 2 aromatic carbocycles. The maximum Gasteiger partial charge on any atom is 0.244 e. The van der Waals surface area contributed by atoms with Crippen LogP contribution in [0.25, 0.3) is 6.08 Å². The van der Waals surface area contributed by atoms with Crippen molar-refractivity contribution >= 4 is 23.6 Å². The van der Waals surface area contributed by atoms with Gasteiger partial charge in [0.25, 0.3) is 0 Å². The molecule has 0 bridgehead atoms. The molecule has 0 radical (unpaired) electrons. The van der Waals surface area contributed by atoms with E-state index >= 15 is 0 Å². The van der Waals surface area contributed by atoms with E-state index in [1.165, 1.54) is 0 Å². The predicted octanol–water partition coefficient (Wildman–Crippen LogP) is 2.93. The maximum atomic E-state index is 12.7. The lowest BCUT2D eigenvalue weighted by molar-refractivity contribution is -0.118. The number of carbonyl (C=O) groups excluding carboxylic acids is 2. The summed E-state index contributed by atoms with van der Waals surface area (Å²) < 4.78 is 0. The van der Waals surface area contributed by atoms with Crippen LogP contribution in [0.3, 0.4) is 0 Å². The van der Waals surface area contributed by atoms with E-state index in [0.717, 1.165) is 62.5 Å². The molecule has 168 valence electrons. The van der Waals surface area contributed by atoms with E-state index in [1.54, 1.807) is 6.08 Å². The third kappa shape index (κ3) is 5.84. The summed E-state index contributed by atoms with van der Waals surface area (Å²) in [5, 5.41) is 3.19. The second kappa shape index (κ2) is 10.6. The van der Waals surface area contributed by atoms with E-state index in [0.29, 0.717) is 6.42 Å². The number of carbonyl (C=O) groups is 2. The summed E-state index contributed by atoms with van der Waals surface area (Å²) in [6.07, 6.45) is 4.95. The summed E-state index contributed by atoms with van der Waals surface area (Å²) in [5.41, 5.74) is 2.98. The van der Waals surface area contributed by atoms with Gasteiger partial charge in [-0.3, -0.25) is 14.5 Å². The summed E-state index contributed by atoms with van der Waals surface area (Å²) in [6.45, 7) is 5.71. The molecule has 0 aromatic heterocycles. The molecule has 0 aliphatic carbocycles. The first-order valence-electron chi connectivity index (χ1n) is 11.4. The topological polar surface area (TPSA) is 55.9 Å². The number of amides is 2. The molecule has 2 aliphatic heterocycles. The largest absolute Gasteiger partial charge is 0.344 e. The minimum absolute atomic E-state index is 0.0553. The molecule has 32 heavy (non-hydrogen) atoms. The van der Waals surface area contributed by atoms with Crippen molar-refractivity contribution in [3.05, 3.63) is 71.8 Å². The van der Waals surface area contributed by atoms with Crippen molar-refractivity contribution in [3.63, 3.8) is 0 Å². The molecular formula is C26H32N4O2. The van der Waals surface area contributed by atoms with Gasteiger partial charge in [-0.1, -0.05) is 42.5 Å². The fraction of sp³-hybridized carbons (Fsp3) is 0.385. The minimum Gasteiger partial charge on any atom is -0.344 e. The highest BCUT2D eigenvalue weighted by molar-refractivity contribution is 5.95. The molecule has 0 saturated carbocycles. The van der Waals surface area contributed by atoms with Crippen molar-refractivity contribution in [1.82, 2.24) is 15.1 Å². The van der Waals surface area contributed by atoms with Gasteiger partial charge in [-0.15, -0.1) is 0 Å². The number of likely N-dealkylation sites (N-methyl/N-ethyl adjacent to an activating group) is 1. The molecule has 2 amide bonds. The van der Waals surface area contributed by atoms with E-state index in [9.17, 15) is 9.59 Å². The second-order valence-corrected chi connectivity index (χ2v) is 8.65. The van der Waals surface area contributed by atoms with Crippen LogP contribution in [0.2, 0.25) is 0 Å². The summed E-state index contributed by atoms with van der Waals surface area (Å²) in [5.74, 6) is 0.0757. The lowest BCUT2D eigenvalue weighted by atomic mass is 10.1. The third-order valence-electron chi connectivity index (χ3n) is 6.26. The smallest absolute Gasteiger partial charge is 0.244 e. The molecule has 1 unspecified atom stereocenters. The molecule has 4 rings (SSSR count). The van der Waals surface area contributed by atoms with Crippen LogP contribution < -0.4 is 10.2 Å². The Morgan fingerprint density at radius 1 is 1.00 bits per heavy atom. The Morgan fingerprint density at radius 2 is 1.72 bits per heavy atom. The molecule has 2 aromatic rings. The number of nitrogens with zero attached hydrogens (tertiary/aromatic N) is 3. The van der Waals surface area contributed by atoms with E-state index in [1.807, 2.05) is 53.4 Å². The predicted molar refractivity (Wildman–Crippen MR) is 128 cm³/mol. The zero-order chi connectivity index (χ0) is 22.3. The van der Waals surface area contributed by atoms with Gasteiger partial charge in [0.2, 0.25) is 11.8 Å². The SMILES string of the molecule is CN1CCN(CC(NC(=O)/C=C/c2ccc(N3CCCC3=O)cc2)c2ccccc2)CC1. The lowest BCUT2D eigenvalue weighted by Gasteiger charge is -2.34. The molecule has 2 saturated heterocycles. The van der Waals surface area contributed by atoms with Gasteiger partial charge in [0.1, 0.15) is 0 Å². The van der Waals surface area contributed by atoms with Crippen LogP contribution in [0.4, 0.5) is 5.69 Å². The number of nitrogens with one attached hydrogen (secondary N) is 1. The molecule has 2 aliphatic rings. The van der Waals surface area contributed by atoms with Gasteiger partial charge in [-0.25, -0.2) is 0 Å². The molecule has 2 fully saturated rings. The van der Waals surface area contributed by atoms with E-state index in [4.69, 9.17) is 0 Å². The molecule has 0 spiro atoms. The number of hydrogen-bond acceptors (Lipinski definition) is 4. The number of piperazine rings is 1. The lowest BCUT2D eigenvalue weighted by Crippen LogP contribution is -2.47. The van der Waals surface area contributed by atoms with Crippen LogP contribution in [0.1, 0.15) is 30.0 Å². The van der Waals surface area contributed by atoms with E-state index < -0.39 is 0 Å². The van der Waals surface area contributed by atoms with Gasteiger partial charge >= 0.3 is 0 Å². The van der Waals surface area contributed by atoms with Gasteiger partial charge in [0.15, 0.2) is 0 Å². The van der Waals surface area contributed by atoms with Crippen LogP contribution in [-0.4, -0.2) is 67.9 Å². The second-order valence-electron chi connectivity index (χ2n) is 8.65. The van der Waals surface area contributed by atoms with Crippen molar-refractivity contribution in [2.75, 3.05) is 51.2 Å². The number of rotatable bonds is 7. The Labute approximate surface area is 190 Å². The summed E-state index contributed by atoms with van der Waals surface area (Å²) >= 11 is 0. The zero-order valence-corrected chi connectivity index (χ0v) is 18.7. The Bertz CT molecular complexity index is 934. The van der Waals surface area contributed by atoms with Gasteiger partial charge in [0.05, 0.1) is 6.04 Å². The number of hydrogen-bond donors (Lipinski definition) is 1. The Kier molecular flexibility index (Phi) is 7.35. The normalized spacial score (nSPS) is 18.9. The average Bonchev–Trinajstić information content (AvgIpc) is 3.25. The average molecular weight is 433 g/mol. The van der Waals surface area contributed by atoms with Crippen LogP contribution in [-0.2, 0) is 9.59 Å². The van der Waals surface area contributed by atoms with Crippen molar-refractivity contribution in [1.29, 1.82) is 0 Å². The van der Waals surface area contributed by atoms with Gasteiger partial charge in [-0.2, -0.15) is 0 Å². The standard InChI is InChI=1S/C26H32N4O2/c1-28-16-18-29(19-17-28)20-24(22-6-3-2-4-7-22)27-25(31)14-11-21-9-12-23(13-10-21)30-15-5-8-26(30)32/h2-4,6-7,9-14,24H,5,8,15-20H2,1H3,(H,27,31)/b14-11+. The first kappa shape index (κ1) is 22.2. The fourth-order valence-corrected chi connectivity index (χ4v) is 4.29. The van der Waals surface area contributed by atoms with Gasteiger partial charge < -0.3 is 15.1 Å². The van der Waals surface area contributed by atoms with Crippen molar-refractivity contribution in [2.24, 2.45) is 0 Å². The Hall–Kier alpha value is -2.96. The Morgan fingerprint density at radius 3 is 2.38 bits per heavy atom. The van der Waals surface area contributed by atoms with Crippen LogP contribution in [0.15, 0.2) is 60.7 Å². The molecule has 1 atom stereocenters. The monoisotopic (exact) mass is 432 g/mol. The number of benzene rings is 2. The highest BCUT2D eigenvalue weighted by Crippen LogP contribution is 2.22. The highest BCUT2D eigenvalue weighted by Gasteiger charge is 2.22. The molecular weight excluding hydrogens is 400 g/mol. The summed E-state index contributed by atoms with van der Waals surface area (Å²) in [4.78, 5) is 31.2. The summed E-state index contributed by atoms with van der Waals surface area (Å²) in [7, 11) is 2.15. The van der Waals surface area contributed by atoms with E-state index in [-0.39, 0.29) is 17.9 Å². The molecule has 1 N–H and O–H groups in total. The maximum absolute atomic E-state index is 12.7. The van der Waals surface area contributed by atoms with E-state index in [2.05, 4.69) is 34.3 Å². The molecule has 6 nitrogen and oxygen atoms in total. The zero-order valence-electron chi connectivity index (χ0n) is 18.7. The molecule has 6 heteroatoms. The Balaban J connectivity index is 1.38. The fourth-order valence-electron chi connectivity index (χ4n) is 4.29. The van der Waals surface area contributed by atoms with Crippen molar-refractivity contribution in [2.45, 2.75) is 18.9 Å². The van der Waals surface area contributed by atoms with Crippen LogP contribution >= 0.6 is 0 Å². The quantitative estimate of drug-likeness (QED) is 0.684. The first-order valence-corrected chi connectivity index (χ1v) is 11.4. The molecule has 2 heterocycles. The van der Waals surface area contributed by atoms with Crippen molar-refractivity contribution in [3.8, 4) is 0 Å². The highest BCUT2D eigenvalue weighted by atomic mass is 16.2. The third-order valence-corrected chi connectivity index (χ3v) is 6.26.